The molecule has 8 rings (SSSR count). The SMILES string of the molecule is C1=CC2N/C1=C(/c1ccccc1)c1ccc([nH]1)-c1ccc([nH]1)/C(c1ccccc1)=c1/cc/c([n-]1)=C/2c1ccccc1.[Au+]. The van der Waals surface area contributed by atoms with E-state index in [1.54, 1.807) is 0 Å². The molecule has 2 aliphatic rings. The van der Waals surface area contributed by atoms with Gasteiger partial charge in [-0.2, -0.15) is 0 Å². The number of rotatable bonds is 3. The largest absolute Gasteiger partial charge is 1.00 e. The zero-order valence-electron chi connectivity index (χ0n) is 22.6. The van der Waals surface area contributed by atoms with Crippen molar-refractivity contribution in [1.82, 2.24) is 20.3 Å². The zero-order chi connectivity index (χ0) is 27.2. The van der Waals surface area contributed by atoms with E-state index in [2.05, 4.69) is 155 Å². The summed E-state index contributed by atoms with van der Waals surface area (Å²) < 4.78 is 0. The van der Waals surface area contributed by atoms with Gasteiger partial charge in [0, 0.05) is 22.7 Å². The first-order valence-electron chi connectivity index (χ1n) is 13.9. The number of fused-ring (bicyclic) bond motifs is 9. The number of hydrogen-bond donors (Lipinski definition) is 3. The summed E-state index contributed by atoms with van der Waals surface area (Å²) in [6.45, 7) is 0. The van der Waals surface area contributed by atoms with E-state index in [1.165, 1.54) is 0 Å². The van der Waals surface area contributed by atoms with E-state index in [4.69, 9.17) is 4.98 Å². The van der Waals surface area contributed by atoms with Crippen molar-refractivity contribution in [2.75, 3.05) is 0 Å². The van der Waals surface area contributed by atoms with Crippen molar-refractivity contribution in [2.24, 2.45) is 0 Å². The maximum atomic E-state index is 5.29. The second kappa shape index (κ2) is 10.9. The van der Waals surface area contributed by atoms with Crippen molar-refractivity contribution in [3.63, 3.8) is 0 Å². The first kappa shape index (κ1) is 26.2. The minimum Gasteiger partial charge on any atom is -0.657 e. The van der Waals surface area contributed by atoms with Crippen LogP contribution in [0.25, 0.3) is 28.1 Å². The standard InChI is InChI=1S/C37H27N4.Au/c1-4-10-24(11-5-1)35-29-18-16-27(38-29)28-17-19-30(39-28)36(25-12-6-2-7-13-25)32-21-23-34(41-32)37(26-14-8-3-9-15-26)33-22-20-31(35)40-33;/h1-23,33,38-40H;/q-1;+1/b35-31-,36-32-,37-34-;. The van der Waals surface area contributed by atoms with Crippen molar-refractivity contribution in [3.8, 4) is 11.4 Å². The van der Waals surface area contributed by atoms with Gasteiger partial charge in [-0.25, -0.2) is 0 Å². The first-order chi connectivity index (χ1) is 20.3. The first-order valence-corrected chi connectivity index (χ1v) is 13.9. The van der Waals surface area contributed by atoms with Gasteiger partial charge in [0.05, 0.1) is 17.4 Å². The Labute approximate surface area is 259 Å². The van der Waals surface area contributed by atoms with Crippen LogP contribution >= 0.6 is 0 Å². The molecule has 2 aliphatic heterocycles. The van der Waals surface area contributed by atoms with E-state index >= 15 is 0 Å². The smallest absolute Gasteiger partial charge is 0.657 e. The van der Waals surface area contributed by atoms with E-state index in [0.29, 0.717) is 0 Å². The molecule has 3 aromatic heterocycles. The molecule has 5 heterocycles. The molecule has 8 bridgehead atoms. The number of nitrogens with zero attached hydrogens (tertiary/aromatic N) is 1. The summed E-state index contributed by atoms with van der Waals surface area (Å²) in [5.41, 5.74) is 12.0. The Morgan fingerprint density at radius 3 is 1.60 bits per heavy atom. The molecule has 0 saturated heterocycles. The third kappa shape index (κ3) is 4.56. The van der Waals surface area contributed by atoms with Crippen LogP contribution in [0, 0.1) is 0 Å². The molecule has 0 spiro atoms. The van der Waals surface area contributed by atoms with Gasteiger partial charge in [0.2, 0.25) is 0 Å². The predicted molar refractivity (Wildman–Crippen MR) is 165 cm³/mol. The van der Waals surface area contributed by atoms with Crippen LogP contribution in [0.3, 0.4) is 0 Å². The van der Waals surface area contributed by atoms with Crippen LogP contribution in [0.5, 0.6) is 0 Å². The molecular formula is C37H27AuN4. The van der Waals surface area contributed by atoms with Crippen LogP contribution in [0.1, 0.15) is 28.1 Å². The van der Waals surface area contributed by atoms with Gasteiger partial charge in [0.25, 0.3) is 0 Å². The number of benzene rings is 3. The quantitative estimate of drug-likeness (QED) is 0.205. The van der Waals surface area contributed by atoms with Crippen molar-refractivity contribution in [1.29, 1.82) is 0 Å². The van der Waals surface area contributed by atoms with E-state index in [1.807, 2.05) is 0 Å². The maximum absolute atomic E-state index is 5.29. The number of nitrogens with one attached hydrogen (secondary N) is 3. The fourth-order valence-electron chi connectivity index (χ4n) is 6.04. The predicted octanol–water partition coefficient (Wildman–Crippen LogP) is 5.71. The van der Waals surface area contributed by atoms with Crippen LogP contribution in [0.15, 0.2) is 145 Å². The maximum Gasteiger partial charge on any atom is 1.00 e. The van der Waals surface area contributed by atoms with Gasteiger partial charge < -0.3 is 20.3 Å². The number of aromatic nitrogens is 3. The minimum atomic E-state index is -0.0369. The summed E-state index contributed by atoms with van der Waals surface area (Å²) in [6.07, 6.45) is 4.46. The van der Waals surface area contributed by atoms with E-state index < -0.39 is 0 Å². The molecular weight excluding hydrogens is 697 g/mol. The van der Waals surface area contributed by atoms with Gasteiger partial charge in [0.15, 0.2) is 0 Å². The normalized spacial score (nSPS) is 19.9. The number of aromatic amines is 2. The third-order valence-corrected chi connectivity index (χ3v) is 7.93. The molecule has 42 heavy (non-hydrogen) atoms. The molecule has 0 fully saturated rings. The van der Waals surface area contributed by atoms with Crippen LogP contribution < -0.4 is 21.0 Å². The van der Waals surface area contributed by atoms with Gasteiger partial charge in [-0.15, -0.1) is 10.7 Å². The summed E-state index contributed by atoms with van der Waals surface area (Å²) in [7, 11) is 0. The second-order valence-corrected chi connectivity index (χ2v) is 10.4. The Hall–Kier alpha value is -4.74. The molecule has 0 saturated carbocycles. The average molecular weight is 725 g/mol. The van der Waals surface area contributed by atoms with Crippen molar-refractivity contribution < 1.29 is 22.4 Å². The Bertz CT molecular complexity index is 2060. The molecule has 3 aromatic carbocycles. The molecule has 0 radical (unpaired) electrons. The van der Waals surface area contributed by atoms with Crippen molar-refractivity contribution in [3.05, 3.63) is 184 Å². The average Bonchev–Trinajstić information content (AvgIpc) is 3.84. The molecule has 6 aromatic rings. The molecule has 3 N–H and O–H groups in total. The van der Waals surface area contributed by atoms with Gasteiger partial charge in [-0.05, 0) is 58.2 Å². The Morgan fingerprint density at radius 1 is 0.476 bits per heavy atom. The molecule has 1 unspecified atom stereocenters. The number of allylic oxidation sites excluding steroid dienone is 1. The van der Waals surface area contributed by atoms with Crippen molar-refractivity contribution in [2.45, 2.75) is 6.04 Å². The fourth-order valence-corrected chi connectivity index (χ4v) is 6.04. The molecule has 5 heteroatoms. The van der Waals surface area contributed by atoms with Crippen molar-refractivity contribution >= 4 is 16.7 Å². The molecule has 1 atom stereocenters. The number of hydrogen-bond acceptors (Lipinski definition) is 1. The van der Waals surface area contributed by atoms with Gasteiger partial charge in [0.1, 0.15) is 0 Å². The molecule has 206 valence electrons. The van der Waals surface area contributed by atoms with E-state index in [0.717, 1.165) is 72.6 Å². The summed E-state index contributed by atoms with van der Waals surface area (Å²) in [4.78, 5) is 12.7. The van der Waals surface area contributed by atoms with Gasteiger partial charge >= 0.3 is 22.4 Å². The van der Waals surface area contributed by atoms with Gasteiger partial charge in [-0.3, -0.25) is 0 Å². The van der Waals surface area contributed by atoms with Crippen LogP contribution in [0.2, 0.25) is 0 Å². The Kier molecular flexibility index (Phi) is 6.80. The summed E-state index contributed by atoms with van der Waals surface area (Å²) >= 11 is 0. The minimum absolute atomic E-state index is 0. The molecule has 4 nitrogen and oxygen atoms in total. The Balaban J connectivity index is 0.00000288. The Morgan fingerprint density at radius 2 is 0.976 bits per heavy atom. The number of H-pyrrole nitrogens is 2. The van der Waals surface area contributed by atoms with E-state index in [9.17, 15) is 0 Å². The fraction of sp³-hybridized carbons (Fsp3) is 0.0270. The van der Waals surface area contributed by atoms with Crippen LogP contribution in [-0.4, -0.2) is 16.0 Å². The summed E-state index contributed by atoms with van der Waals surface area (Å²) in [5.74, 6) is 0. The summed E-state index contributed by atoms with van der Waals surface area (Å²) in [5, 5.41) is 5.76. The van der Waals surface area contributed by atoms with Crippen LogP contribution in [0.4, 0.5) is 0 Å². The second-order valence-electron chi connectivity index (χ2n) is 10.4. The molecule has 0 aliphatic carbocycles. The summed E-state index contributed by atoms with van der Waals surface area (Å²) in [6, 6.07) is 44.6. The monoisotopic (exact) mass is 724 g/mol. The zero-order valence-corrected chi connectivity index (χ0v) is 24.8. The van der Waals surface area contributed by atoms with Gasteiger partial charge in [-0.1, -0.05) is 109 Å². The van der Waals surface area contributed by atoms with Crippen LogP contribution in [-0.2, 0) is 22.4 Å². The topological polar surface area (TPSA) is 57.7 Å². The van der Waals surface area contributed by atoms with E-state index in [-0.39, 0.29) is 28.4 Å². The molecule has 0 amide bonds. The third-order valence-electron chi connectivity index (χ3n) is 7.93.